The van der Waals surface area contributed by atoms with E-state index in [4.69, 9.17) is 5.11 Å². The van der Waals surface area contributed by atoms with Crippen LogP contribution in [0.1, 0.15) is 0 Å². The molecule has 0 aliphatic rings. The Labute approximate surface area is 48.2 Å². The van der Waals surface area contributed by atoms with Gasteiger partial charge in [-0.1, -0.05) is 0 Å². The van der Waals surface area contributed by atoms with E-state index in [0.29, 0.717) is 6.61 Å². The van der Waals surface area contributed by atoms with E-state index in [1.807, 2.05) is 0 Å². The summed E-state index contributed by atoms with van der Waals surface area (Å²) in [5.41, 5.74) is 6.91. The molecule has 0 saturated carbocycles. The molecule has 1 N–H and O–H groups in total. The summed E-state index contributed by atoms with van der Waals surface area (Å²) in [4.78, 5) is 0. The van der Waals surface area contributed by atoms with Gasteiger partial charge >= 0.3 is 47.6 Å². The van der Waals surface area contributed by atoms with Crippen molar-refractivity contribution in [1.82, 2.24) is 0 Å². The van der Waals surface area contributed by atoms with Gasteiger partial charge in [-0.15, -0.1) is 0 Å². The van der Waals surface area contributed by atoms with Gasteiger partial charge < -0.3 is 0 Å². The minimum atomic E-state index is -1.33. The molecule has 0 spiro atoms. The fourth-order valence-corrected chi connectivity index (χ4v) is 1.74. The summed E-state index contributed by atoms with van der Waals surface area (Å²) in [7, 11) is 0. The number of rotatable bonds is 2. The first-order valence-corrected chi connectivity index (χ1v) is 10.4. The van der Waals surface area contributed by atoms with Crippen molar-refractivity contribution < 1.29 is 5.11 Å². The molecule has 0 atom stereocenters. The Balaban J connectivity index is 3.15. The Hall–Kier alpha value is 0.518. The van der Waals surface area contributed by atoms with Gasteiger partial charge in [0.2, 0.25) is 0 Å². The van der Waals surface area contributed by atoms with E-state index in [-0.39, 0.29) is 0 Å². The Morgan fingerprint density at radius 2 is 1.71 bits per heavy atom. The average Bonchev–Trinajstić information content (AvgIpc) is 1.30. The molecule has 0 saturated heterocycles. The van der Waals surface area contributed by atoms with Crippen molar-refractivity contribution in [1.29, 1.82) is 0 Å². The molecule has 0 aliphatic heterocycles. The fraction of sp³-hybridized carbons (Fsp3) is 1.00. The molecule has 0 rings (SSSR count). The molecule has 0 amide bonds. The molecule has 1 nitrogen and oxygen atoms in total. The van der Waals surface area contributed by atoms with Crippen LogP contribution in [0.25, 0.3) is 0 Å². The standard InChI is InChI=1S/C5H15AsO/c1-6(2,3)4-5-7/h6-7H,4-5H2,1-3H3. The maximum atomic E-state index is 8.45. The molecular weight excluding hydrogens is 151 g/mol. The van der Waals surface area contributed by atoms with Crippen molar-refractivity contribution >= 4 is 13.6 Å². The predicted octanol–water partition coefficient (Wildman–Crippen LogP) is 1.05. The molecule has 0 bridgehead atoms. The third-order valence-electron chi connectivity index (χ3n) is 0.862. The Morgan fingerprint density at radius 3 is 1.71 bits per heavy atom. The third-order valence-corrected chi connectivity index (χ3v) is 4.48. The van der Waals surface area contributed by atoms with Gasteiger partial charge in [0, 0.05) is 0 Å². The summed E-state index contributed by atoms with van der Waals surface area (Å²) >= 11 is -1.33. The number of aliphatic hydroxyl groups excluding tert-OH is 1. The summed E-state index contributed by atoms with van der Waals surface area (Å²) in [6, 6.07) is 0. The predicted molar refractivity (Wildman–Crippen MR) is 36.6 cm³/mol. The van der Waals surface area contributed by atoms with Crippen molar-refractivity contribution in [3.8, 4) is 0 Å². The number of hydrogen-bond acceptors (Lipinski definition) is 1. The van der Waals surface area contributed by atoms with Crippen LogP contribution in [0.3, 0.4) is 0 Å². The zero-order chi connectivity index (χ0) is 5.91. The molecule has 0 heterocycles. The molecule has 46 valence electrons. The Kier molecular flexibility index (Phi) is 2.94. The SMILES string of the molecule is C[AsH](C)(C)CCO. The molecule has 0 aromatic carbocycles. The van der Waals surface area contributed by atoms with Crippen LogP contribution in [-0.4, -0.2) is 25.3 Å². The zero-order valence-corrected chi connectivity index (χ0v) is 7.46. The monoisotopic (exact) mass is 166 g/mol. The zero-order valence-electron chi connectivity index (χ0n) is 5.36. The van der Waals surface area contributed by atoms with Crippen molar-refractivity contribution in [3.05, 3.63) is 0 Å². The van der Waals surface area contributed by atoms with Gasteiger partial charge in [-0.25, -0.2) is 0 Å². The van der Waals surface area contributed by atoms with Crippen molar-refractivity contribution in [2.45, 2.75) is 22.3 Å². The molecular formula is C5H15AsO. The van der Waals surface area contributed by atoms with Gasteiger partial charge in [0.25, 0.3) is 0 Å². The van der Waals surface area contributed by atoms with E-state index in [1.165, 1.54) is 0 Å². The van der Waals surface area contributed by atoms with Crippen LogP contribution in [-0.2, 0) is 0 Å². The van der Waals surface area contributed by atoms with Gasteiger partial charge in [-0.05, 0) is 0 Å². The first-order valence-electron chi connectivity index (χ1n) is 2.67. The molecule has 0 unspecified atom stereocenters. The van der Waals surface area contributed by atoms with Crippen LogP contribution < -0.4 is 0 Å². The number of aliphatic hydroxyl groups is 1. The van der Waals surface area contributed by atoms with E-state index >= 15 is 0 Å². The Bertz CT molecular complexity index is 46.5. The van der Waals surface area contributed by atoms with Crippen molar-refractivity contribution in [2.75, 3.05) is 6.61 Å². The van der Waals surface area contributed by atoms with Crippen LogP contribution in [0, 0.1) is 0 Å². The summed E-state index contributed by atoms with van der Waals surface area (Å²) in [5.74, 6) is 0. The summed E-state index contributed by atoms with van der Waals surface area (Å²) in [6.07, 6.45) is 0. The summed E-state index contributed by atoms with van der Waals surface area (Å²) in [6.45, 7) is 0.392. The second-order valence-corrected chi connectivity index (χ2v) is 14.8. The second kappa shape index (κ2) is 2.74. The normalized spacial score (nSPS) is 14.3. The van der Waals surface area contributed by atoms with Crippen molar-refractivity contribution in [2.24, 2.45) is 0 Å². The van der Waals surface area contributed by atoms with Gasteiger partial charge in [-0.3, -0.25) is 0 Å². The first kappa shape index (κ1) is 7.52. The van der Waals surface area contributed by atoms with Crippen LogP contribution in [0.5, 0.6) is 0 Å². The second-order valence-electron chi connectivity index (χ2n) is 3.03. The fourth-order valence-electron chi connectivity index (χ4n) is 0.335. The van der Waals surface area contributed by atoms with E-state index in [1.54, 1.807) is 0 Å². The molecule has 0 fully saturated rings. The first-order chi connectivity index (χ1) is 3.06. The topological polar surface area (TPSA) is 20.2 Å². The molecule has 2 heteroatoms. The third kappa shape index (κ3) is 6.52. The molecule has 0 aliphatic carbocycles. The van der Waals surface area contributed by atoms with Gasteiger partial charge in [0.1, 0.15) is 0 Å². The number of hydrogen-bond donors (Lipinski definition) is 1. The van der Waals surface area contributed by atoms with Gasteiger partial charge in [0.15, 0.2) is 0 Å². The van der Waals surface area contributed by atoms with E-state index in [9.17, 15) is 0 Å². The maximum absolute atomic E-state index is 8.45. The summed E-state index contributed by atoms with van der Waals surface area (Å²) < 4.78 is 0. The van der Waals surface area contributed by atoms with Crippen LogP contribution in [0.2, 0.25) is 22.3 Å². The molecule has 0 aromatic heterocycles. The molecule has 7 heavy (non-hydrogen) atoms. The van der Waals surface area contributed by atoms with Gasteiger partial charge in [0.05, 0.1) is 0 Å². The van der Waals surface area contributed by atoms with Crippen LogP contribution in [0.4, 0.5) is 0 Å². The molecule has 0 radical (unpaired) electrons. The Morgan fingerprint density at radius 1 is 1.29 bits per heavy atom. The molecule has 0 aromatic rings. The minimum absolute atomic E-state index is 0.392. The summed E-state index contributed by atoms with van der Waals surface area (Å²) in [5, 5.41) is 9.53. The van der Waals surface area contributed by atoms with E-state index in [2.05, 4.69) is 17.1 Å². The van der Waals surface area contributed by atoms with E-state index in [0.717, 1.165) is 5.21 Å². The van der Waals surface area contributed by atoms with Crippen LogP contribution in [0.15, 0.2) is 0 Å². The van der Waals surface area contributed by atoms with Crippen molar-refractivity contribution in [3.63, 3.8) is 0 Å². The quantitative estimate of drug-likeness (QED) is 0.608. The van der Waals surface area contributed by atoms with Gasteiger partial charge in [-0.2, -0.15) is 0 Å². The van der Waals surface area contributed by atoms with E-state index < -0.39 is 13.6 Å². The van der Waals surface area contributed by atoms with Crippen LogP contribution >= 0.6 is 0 Å². The average molecular weight is 166 g/mol.